The first-order valence-corrected chi connectivity index (χ1v) is 4.01. The fraction of sp³-hybridized carbons (Fsp3) is 0.444. The van der Waals surface area contributed by atoms with Crippen LogP contribution in [0.15, 0.2) is 24.4 Å². The number of nitrogens with two attached hydrogens (primary N) is 1. The highest BCUT2D eigenvalue weighted by molar-refractivity contribution is 5.08. The molecule has 0 fully saturated rings. The van der Waals surface area contributed by atoms with Gasteiger partial charge in [-0.05, 0) is 26.2 Å². The van der Waals surface area contributed by atoms with E-state index < -0.39 is 0 Å². The maximum absolute atomic E-state index is 5.89. The van der Waals surface area contributed by atoms with Crippen molar-refractivity contribution >= 4 is 0 Å². The van der Waals surface area contributed by atoms with E-state index >= 15 is 0 Å². The SMILES string of the molecule is CN(C)CC(N)c1ccccn1. The summed E-state index contributed by atoms with van der Waals surface area (Å²) in [7, 11) is 4.01. The third-order valence-electron chi connectivity index (χ3n) is 1.63. The Bertz CT molecular complexity index is 220. The van der Waals surface area contributed by atoms with E-state index in [1.54, 1.807) is 6.20 Å². The van der Waals surface area contributed by atoms with Crippen LogP contribution >= 0.6 is 0 Å². The molecule has 1 aromatic heterocycles. The van der Waals surface area contributed by atoms with Crippen molar-refractivity contribution in [1.82, 2.24) is 9.88 Å². The third-order valence-corrected chi connectivity index (χ3v) is 1.63. The first-order chi connectivity index (χ1) is 5.70. The Morgan fingerprint density at radius 2 is 2.25 bits per heavy atom. The van der Waals surface area contributed by atoms with Crippen LogP contribution < -0.4 is 5.73 Å². The van der Waals surface area contributed by atoms with Crippen molar-refractivity contribution in [1.29, 1.82) is 0 Å². The van der Waals surface area contributed by atoms with Gasteiger partial charge in [-0.25, -0.2) is 0 Å². The van der Waals surface area contributed by atoms with Gasteiger partial charge < -0.3 is 10.6 Å². The Morgan fingerprint density at radius 1 is 1.50 bits per heavy atom. The van der Waals surface area contributed by atoms with Gasteiger partial charge in [0.05, 0.1) is 11.7 Å². The van der Waals surface area contributed by atoms with Crippen molar-refractivity contribution in [2.24, 2.45) is 5.73 Å². The van der Waals surface area contributed by atoms with Crippen LogP contribution in [-0.2, 0) is 0 Å². The maximum atomic E-state index is 5.89. The minimum Gasteiger partial charge on any atom is -0.322 e. The fourth-order valence-corrected chi connectivity index (χ4v) is 1.08. The van der Waals surface area contributed by atoms with Crippen LogP contribution in [0.2, 0.25) is 0 Å². The number of pyridine rings is 1. The van der Waals surface area contributed by atoms with Crippen molar-refractivity contribution in [3.05, 3.63) is 30.1 Å². The van der Waals surface area contributed by atoms with Gasteiger partial charge in [-0.2, -0.15) is 0 Å². The Hall–Kier alpha value is -0.930. The van der Waals surface area contributed by atoms with Gasteiger partial charge in [0.15, 0.2) is 0 Å². The molecule has 1 heterocycles. The van der Waals surface area contributed by atoms with Crippen LogP contribution in [0.5, 0.6) is 0 Å². The van der Waals surface area contributed by atoms with E-state index in [0.29, 0.717) is 0 Å². The summed E-state index contributed by atoms with van der Waals surface area (Å²) in [5.74, 6) is 0. The summed E-state index contributed by atoms with van der Waals surface area (Å²) in [5.41, 5.74) is 6.84. The highest BCUT2D eigenvalue weighted by Crippen LogP contribution is 2.05. The number of aromatic nitrogens is 1. The smallest absolute Gasteiger partial charge is 0.0599 e. The van der Waals surface area contributed by atoms with Crippen LogP contribution in [0.4, 0.5) is 0 Å². The van der Waals surface area contributed by atoms with E-state index in [2.05, 4.69) is 9.88 Å². The molecule has 1 atom stereocenters. The molecule has 3 nitrogen and oxygen atoms in total. The molecule has 1 aromatic rings. The zero-order chi connectivity index (χ0) is 8.97. The molecule has 3 heteroatoms. The molecule has 0 saturated heterocycles. The molecule has 0 aliphatic rings. The average molecular weight is 165 g/mol. The second kappa shape index (κ2) is 4.18. The largest absolute Gasteiger partial charge is 0.322 e. The lowest BCUT2D eigenvalue weighted by molar-refractivity contribution is 0.373. The van der Waals surface area contributed by atoms with Gasteiger partial charge in [0.1, 0.15) is 0 Å². The fourth-order valence-electron chi connectivity index (χ4n) is 1.08. The van der Waals surface area contributed by atoms with E-state index in [4.69, 9.17) is 5.73 Å². The summed E-state index contributed by atoms with van der Waals surface area (Å²) in [6.07, 6.45) is 1.77. The summed E-state index contributed by atoms with van der Waals surface area (Å²) in [5, 5.41) is 0. The van der Waals surface area contributed by atoms with Crippen LogP contribution in [0.1, 0.15) is 11.7 Å². The first kappa shape index (κ1) is 9.16. The summed E-state index contributed by atoms with van der Waals surface area (Å²) in [6, 6.07) is 5.82. The molecule has 0 amide bonds. The molecule has 0 bridgehead atoms. The molecule has 2 N–H and O–H groups in total. The van der Waals surface area contributed by atoms with Gasteiger partial charge in [0.2, 0.25) is 0 Å². The van der Waals surface area contributed by atoms with E-state index in [9.17, 15) is 0 Å². The van der Waals surface area contributed by atoms with Gasteiger partial charge in [0.25, 0.3) is 0 Å². The Morgan fingerprint density at radius 3 is 2.75 bits per heavy atom. The highest BCUT2D eigenvalue weighted by Gasteiger charge is 2.06. The summed E-state index contributed by atoms with van der Waals surface area (Å²) in [4.78, 5) is 6.23. The molecular weight excluding hydrogens is 150 g/mol. The van der Waals surface area contributed by atoms with Crippen LogP contribution in [0.3, 0.4) is 0 Å². The quantitative estimate of drug-likeness (QED) is 0.714. The Labute approximate surface area is 73.2 Å². The standard InChI is InChI=1S/C9H15N3/c1-12(2)7-8(10)9-5-3-4-6-11-9/h3-6,8H,7,10H2,1-2H3. The maximum Gasteiger partial charge on any atom is 0.0599 e. The van der Waals surface area contributed by atoms with Crippen molar-refractivity contribution in [3.8, 4) is 0 Å². The van der Waals surface area contributed by atoms with E-state index in [0.717, 1.165) is 12.2 Å². The summed E-state index contributed by atoms with van der Waals surface area (Å²) >= 11 is 0. The molecule has 1 rings (SSSR count). The third kappa shape index (κ3) is 2.60. The molecule has 0 spiro atoms. The number of rotatable bonds is 3. The van der Waals surface area contributed by atoms with Crippen molar-refractivity contribution in [3.63, 3.8) is 0 Å². The topological polar surface area (TPSA) is 42.1 Å². The molecule has 1 unspecified atom stereocenters. The molecule has 0 aliphatic heterocycles. The second-order valence-corrected chi connectivity index (χ2v) is 3.12. The highest BCUT2D eigenvalue weighted by atomic mass is 15.1. The minimum absolute atomic E-state index is 0.0150. The van der Waals surface area contributed by atoms with Crippen molar-refractivity contribution < 1.29 is 0 Å². The predicted molar refractivity (Wildman–Crippen MR) is 49.7 cm³/mol. The normalized spacial score (nSPS) is 13.3. The Balaban J connectivity index is 2.59. The van der Waals surface area contributed by atoms with Gasteiger partial charge in [-0.1, -0.05) is 6.07 Å². The zero-order valence-electron chi connectivity index (χ0n) is 7.57. The molecule has 0 aliphatic carbocycles. The minimum atomic E-state index is 0.0150. The molecule has 0 aromatic carbocycles. The summed E-state index contributed by atoms with van der Waals surface area (Å²) < 4.78 is 0. The average Bonchev–Trinajstić information content (AvgIpc) is 2.05. The number of hydrogen-bond donors (Lipinski definition) is 1. The lowest BCUT2D eigenvalue weighted by Gasteiger charge is -2.15. The monoisotopic (exact) mass is 165 g/mol. The Kier molecular flexibility index (Phi) is 3.19. The predicted octanol–water partition coefficient (Wildman–Crippen LogP) is 0.643. The van der Waals surface area contributed by atoms with Crippen LogP contribution in [0, 0.1) is 0 Å². The van der Waals surface area contributed by atoms with Crippen molar-refractivity contribution in [2.45, 2.75) is 6.04 Å². The van der Waals surface area contributed by atoms with E-state index in [1.165, 1.54) is 0 Å². The molecular formula is C9H15N3. The van der Waals surface area contributed by atoms with Gasteiger partial charge in [-0.15, -0.1) is 0 Å². The molecule has 12 heavy (non-hydrogen) atoms. The van der Waals surface area contributed by atoms with Crippen molar-refractivity contribution in [2.75, 3.05) is 20.6 Å². The summed E-state index contributed by atoms with van der Waals surface area (Å²) in [6.45, 7) is 0.830. The molecule has 0 saturated carbocycles. The van der Waals surface area contributed by atoms with Gasteiger partial charge in [0, 0.05) is 12.7 Å². The van der Waals surface area contributed by atoms with Gasteiger partial charge >= 0.3 is 0 Å². The number of nitrogens with zero attached hydrogens (tertiary/aromatic N) is 2. The lowest BCUT2D eigenvalue weighted by atomic mass is 10.2. The molecule has 66 valence electrons. The number of hydrogen-bond acceptors (Lipinski definition) is 3. The lowest BCUT2D eigenvalue weighted by Crippen LogP contribution is -2.26. The van der Waals surface area contributed by atoms with Gasteiger partial charge in [-0.3, -0.25) is 4.98 Å². The number of likely N-dealkylation sites (N-methyl/N-ethyl adjacent to an activating group) is 1. The van der Waals surface area contributed by atoms with Crippen LogP contribution in [0.25, 0.3) is 0 Å². The first-order valence-electron chi connectivity index (χ1n) is 4.01. The van der Waals surface area contributed by atoms with E-state index in [1.807, 2.05) is 32.3 Å². The van der Waals surface area contributed by atoms with Crippen LogP contribution in [-0.4, -0.2) is 30.5 Å². The second-order valence-electron chi connectivity index (χ2n) is 3.12. The zero-order valence-corrected chi connectivity index (χ0v) is 7.57. The van der Waals surface area contributed by atoms with E-state index in [-0.39, 0.29) is 6.04 Å². The molecule has 0 radical (unpaired) electrons.